The second kappa shape index (κ2) is 8.86. The van der Waals surface area contributed by atoms with Gasteiger partial charge < -0.3 is 19.9 Å². The van der Waals surface area contributed by atoms with Crippen molar-refractivity contribution in [3.05, 3.63) is 27.8 Å². The highest BCUT2D eigenvalue weighted by atomic mass is 19.4. The van der Waals surface area contributed by atoms with Crippen LogP contribution in [-0.2, 0) is 6.54 Å². The molecule has 2 N–H and O–H groups in total. The van der Waals surface area contributed by atoms with Crippen molar-refractivity contribution in [3.63, 3.8) is 0 Å². The Hall–Kier alpha value is -2.07. The first-order valence-corrected chi connectivity index (χ1v) is 7.48. The quantitative estimate of drug-likeness (QED) is 0.515. The van der Waals surface area contributed by atoms with Gasteiger partial charge in [-0.3, -0.25) is 10.1 Å². The zero-order chi connectivity index (χ0) is 19.2. The highest BCUT2D eigenvalue weighted by molar-refractivity contribution is 5.54. The van der Waals surface area contributed by atoms with Gasteiger partial charge in [-0.15, -0.1) is 0 Å². The Morgan fingerprint density at radius 1 is 1.32 bits per heavy atom. The highest BCUT2D eigenvalue weighted by Gasteiger charge is 2.30. The summed E-state index contributed by atoms with van der Waals surface area (Å²) in [5, 5.41) is 23.8. The third-order valence-corrected chi connectivity index (χ3v) is 3.39. The number of rotatable bonds is 9. The summed E-state index contributed by atoms with van der Waals surface area (Å²) in [7, 11) is 1.22. The molecule has 10 heteroatoms. The van der Waals surface area contributed by atoms with E-state index in [1.807, 2.05) is 13.8 Å². The Labute approximate surface area is 142 Å². The maximum Gasteiger partial charge on any atom is 0.422 e. The Kier molecular flexibility index (Phi) is 7.43. The molecule has 0 spiro atoms. The summed E-state index contributed by atoms with van der Waals surface area (Å²) in [6.45, 7) is 2.31. The largest absolute Gasteiger partial charge is 0.493 e. The van der Waals surface area contributed by atoms with Gasteiger partial charge in [-0.05, 0) is 12.0 Å². The number of methoxy groups -OCH3 is 1. The van der Waals surface area contributed by atoms with E-state index in [4.69, 9.17) is 4.74 Å². The minimum atomic E-state index is -4.58. The van der Waals surface area contributed by atoms with E-state index in [9.17, 15) is 28.4 Å². The number of nitrogens with one attached hydrogen (secondary N) is 1. The number of aliphatic hydroxyl groups excluding tert-OH is 1. The molecule has 0 aromatic heterocycles. The van der Waals surface area contributed by atoms with Crippen LogP contribution in [0.1, 0.15) is 19.4 Å². The molecule has 0 heterocycles. The van der Waals surface area contributed by atoms with Crippen LogP contribution in [0.4, 0.5) is 18.9 Å². The molecule has 0 saturated carbocycles. The van der Waals surface area contributed by atoms with E-state index in [2.05, 4.69) is 10.1 Å². The SMILES string of the molecule is COc1cc(CNCC(O)C(C)C)c([N+](=O)[O-])cc1OCC(F)(F)F. The zero-order valence-corrected chi connectivity index (χ0v) is 14.1. The smallest absolute Gasteiger partial charge is 0.422 e. The standard InChI is InChI=1S/C15H21F3N2O5/c1-9(2)12(21)7-19-6-10-4-13(24-3)14(5-11(10)20(22)23)25-8-15(16,17)18/h4-5,9,12,19,21H,6-8H2,1-3H3. The predicted molar refractivity (Wildman–Crippen MR) is 83.7 cm³/mol. The first-order valence-electron chi connectivity index (χ1n) is 7.48. The first-order chi connectivity index (χ1) is 11.5. The minimum absolute atomic E-state index is 0.00941. The number of benzene rings is 1. The van der Waals surface area contributed by atoms with Crippen molar-refractivity contribution in [1.29, 1.82) is 0 Å². The summed E-state index contributed by atoms with van der Waals surface area (Å²) < 4.78 is 46.4. The average molecular weight is 366 g/mol. The molecular weight excluding hydrogens is 345 g/mol. The molecule has 0 bridgehead atoms. The maximum atomic E-state index is 12.3. The normalized spacial score (nSPS) is 13.0. The van der Waals surface area contributed by atoms with Crippen molar-refractivity contribution in [2.75, 3.05) is 20.3 Å². The Morgan fingerprint density at radius 2 is 1.96 bits per heavy atom. The number of nitro groups is 1. The van der Waals surface area contributed by atoms with E-state index in [0.29, 0.717) is 0 Å². The van der Waals surface area contributed by atoms with Crippen LogP contribution in [0.15, 0.2) is 12.1 Å². The molecule has 1 aromatic rings. The van der Waals surface area contributed by atoms with E-state index in [1.165, 1.54) is 13.2 Å². The zero-order valence-electron chi connectivity index (χ0n) is 14.1. The lowest BCUT2D eigenvalue weighted by atomic mass is 10.1. The Balaban J connectivity index is 2.99. The average Bonchev–Trinajstić information content (AvgIpc) is 2.51. The fourth-order valence-electron chi connectivity index (χ4n) is 1.93. The van der Waals surface area contributed by atoms with Crippen molar-refractivity contribution >= 4 is 5.69 Å². The third kappa shape index (κ3) is 6.75. The van der Waals surface area contributed by atoms with Crippen LogP contribution < -0.4 is 14.8 Å². The summed E-state index contributed by atoms with van der Waals surface area (Å²) in [4.78, 5) is 10.5. The molecule has 142 valence electrons. The summed E-state index contributed by atoms with van der Waals surface area (Å²) in [5.74, 6) is -0.399. The van der Waals surface area contributed by atoms with E-state index >= 15 is 0 Å². The molecule has 1 atom stereocenters. The second-order valence-corrected chi connectivity index (χ2v) is 5.74. The molecule has 0 fully saturated rings. The summed E-state index contributed by atoms with van der Waals surface area (Å²) in [5.41, 5.74) is -0.193. The van der Waals surface area contributed by atoms with Gasteiger partial charge in [-0.1, -0.05) is 13.8 Å². The van der Waals surface area contributed by atoms with Crippen LogP contribution in [0.5, 0.6) is 11.5 Å². The van der Waals surface area contributed by atoms with Crippen LogP contribution in [0.3, 0.4) is 0 Å². The van der Waals surface area contributed by atoms with Gasteiger partial charge in [0.25, 0.3) is 5.69 Å². The lowest BCUT2D eigenvalue weighted by Gasteiger charge is -2.16. The fourth-order valence-corrected chi connectivity index (χ4v) is 1.93. The van der Waals surface area contributed by atoms with Crippen LogP contribution in [0, 0.1) is 16.0 Å². The van der Waals surface area contributed by atoms with Crippen molar-refractivity contribution in [1.82, 2.24) is 5.32 Å². The summed E-state index contributed by atoms with van der Waals surface area (Å²) in [6.07, 6.45) is -5.21. The molecule has 1 aromatic carbocycles. The van der Waals surface area contributed by atoms with E-state index in [-0.39, 0.29) is 36.1 Å². The molecule has 0 radical (unpaired) electrons. The van der Waals surface area contributed by atoms with Gasteiger partial charge in [0.2, 0.25) is 0 Å². The number of hydrogen-bond donors (Lipinski definition) is 2. The topological polar surface area (TPSA) is 93.9 Å². The minimum Gasteiger partial charge on any atom is -0.493 e. The lowest BCUT2D eigenvalue weighted by Crippen LogP contribution is -2.30. The molecule has 0 aliphatic rings. The summed E-state index contributed by atoms with van der Waals surface area (Å²) >= 11 is 0. The molecule has 0 aliphatic carbocycles. The van der Waals surface area contributed by atoms with Gasteiger partial charge in [0, 0.05) is 18.7 Å². The van der Waals surface area contributed by atoms with Crippen molar-refractivity contribution < 1.29 is 32.7 Å². The number of ether oxygens (including phenoxy) is 2. The number of halogens is 3. The number of aliphatic hydroxyl groups is 1. The van der Waals surface area contributed by atoms with Crippen molar-refractivity contribution in [2.45, 2.75) is 32.7 Å². The molecule has 0 amide bonds. The van der Waals surface area contributed by atoms with Crippen LogP contribution in [0.25, 0.3) is 0 Å². The number of nitro benzene ring substituents is 1. The van der Waals surface area contributed by atoms with Crippen molar-refractivity contribution in [3.8, 4) is 11.5 Å². The Bertz CT molecular complexity index is 593. The van der Waals surface area contributed by atoms with Gasteiger partial charge in [0.05, 0.1) is 24.2 Å². The fraction of sp³-hybridized carbons (Fsp3) is 0.600. The third-order valence-electron chi connectivity index (χ3n) is 3.39. The molecule has 0 saturated heterocycles. The summed E-state index contributed by atoms with van der Waals surface area (Å²) in [6, 6.07) is 2.15. The van der Waals surface area contributed by atoms with Gasteiger partial charge in [-0.2, -0.15) is 13.2 Å². The Morgan fingerprint density at radius 3 is 2.44 bits per heavy atom. The van der Waals surface area contributed by atoms with Crippen LogP contribution in [0.2, 0.25) is 0 Å². The molecule has 0 aliphatic heterocycles. The number of nitrogens with zero attached hydrogens (tertiary/aromatic N) is 1. The van der Waals surface area contributed by atoms with Gasteiger partial charge in [-0.25, -0.2) is 0 Å². The van der Waals surface area contributed by atoms with E-state index < -0.39 is 29.5 Å². The lowest BCUT2D eigenvalue weighted by molar-refractivity contribution is -0.385. The van der Waals surface area contributed by atoms with E-state index in [0.717, 1.165) is 6.07 Å². The van der Waals surface area contributed by atoms with Crippen molar-refractivity contribution in [2.24, 2.45) is 5.92 Å². The molecule has 1 rings (SSSR count). The van der Waals surface area contributed by atoms with Gasteiger partial charge >= 0.3 is 6.18 Å². The molecule has 1 unspecified atom stereocenters. The van der Waals surface area contributed by atoms with Crippen LogP contribution >= 0.6 is 0 Å². The molecule has 7 nitrogen and oxygen atoms in total. The second-order valence-electron chi connectivity index (χ2n) is 5.74. The van der Waals surface area contributed by atoms with E-state index in [1.54, 1.807) is 0 Å². The maximum absolute atomic E-state index is 12.3. The number of alkyl halides is 3. The van der Waals surface area contributed by atoms with Crippen LogP contribution in [-0.4, -0.2) is 42.6 Å². The van der Waals surface area contributed by atoms with Gasteiger partial charge in [0.1, 0.15) is 0 Å². The molecular formula is C15H21F3N2O5. The monoisotopic (exact) mass is 366 g/mol. The predicted octanol–water partition coefficient (Wildman–Crippen LogP) is 2.65. The molecule has 25 heavy (non-hydrogen) atoms. The first kappa shape index (κ1) is 21.0. The highest BCUT2D eigenvalue weighted by Crippen LogP contribution is 2.35. The van der Waals surface area contributed by atoms with Gasteiger partial charge in [0.15, 0.2) is 18.1 Å². The number of hydrogen-bond acceptors (Lipinski definition) is 6.